The highest BCUT2D eigenvalue weighted by Crippen LogP contribution is 2.55. The van der Waals surface area contributed by atoms with Gasteiger partial charge in [0.2, 0.25) is 0 Å². The number of hydrogen-bond acceptors (Lipinski definition) is 3. The predicted octanol–water partition coefficient (Wildman–Crippen LogP) is 15.4. The van der Waals surface area contributed by atoms with E-state index in [1.807, 2.05) is 11.3 Å². The van der Waals surface area contributed by atoms with Crippen molar-refractivity contribution < 1.29 is 0 Å². The number of nitrogens with zero attached hydrogens (tertiary/aromatic N) is 2. The van der Waals surface area contributed by atoms with Gasteiger partial charge in [-0.25, -0.2) is 0 Å². The smallest absolute Gasteiger partial charge is 0.252 e. The van der Waals surface area contributed by atoms with E-state index in [1.165, 1.54) is 134 Å². The Balaban J connectivity index is 1.23. The Morgan fingerprint density at radius 1 is 0.485 bits per heavy atom. The van der Waals surface area contributed by atoms with E-state index in [2.05, 4.69) is 221 Å². The van der Waals surface area contributed by atoms with E-state index in [9.17, 15) is 0 Å². The number of aryl methyl sites for hydroxylation is 2. The van der Waals surface area contributed by atoms with Crippen LogP contribution in [-0.2, 0) is 27.1 Å². The number of fused-ring (bicyclic) bond motifs is 10. The molecule has 0 saturated heterocycles. The van der Waals surface area contributed by atoms with Crippen molar-refractivity contribution >= 4 is 88.7 Å². The molecule has 2 nitrogen and oxygen atoms in total. The van der Waals surface area contributed by atoms with Crippen LogP contribution in [0.2, 0.25) is 0 Å². The van der Waals surface area contributed by atoms with Gasteiger partial charge < -0.3 is 9.80 Å². The summed E-state index contributed by atoms with van der Waals surface area (Å²) in [6, 6.07) is 48.3. The first-order chi connectivity index (χ1) is 31.2. The maximum absolute atomic E-state index is 2.70. The van der Waals surface area contributed by atoms with Gasteiger partial charge >= 0.3 is 0 Å². The van der Waals surface area contributed by atoms with Crippen molar-refractivity contribution in [3.05, 3.63) is 171 Å². The zero-order valence-corrected chi connectivity index (χ0v) is 42.2. The van der Waals surface area contributed by atoms with Crippen molar-refractivity contribution in [2.75, 3.05) is 9.80 Å². The molecule has 7 aromatic carbocycles. The van der Waals surface area contributed by atoms with Crippen LogP contribution in [0, 0.1) is 13.8 Å². The average molecular weight is 879 g/mol. The lowest BCUT2D eigenvalue weighted by Gasteiger charge is -2.48. The predicted molar refractivity (Wildman–Crippen MR) is 288 cm³/mol. The summed E-state index contributed by atoms with van der Waals surface area (Å²) in [6.45, 7) is 31.5. The van der Waals surface area contributed by atoms with Gasteiger partial charge in [0.1, 0.15) is 0 Å². The minimum atomic E-state index is -0.200. The van der Waals surface area contributed by atoms with E-state index in [-0.39, 0.29) is 33.8 Å². The topological polar surface area (TPSA) is 6.48 Å². The van der Waals surface area contributed by atoms with Crippen LogP contribution in [-0.4, -0.2) is 6.71 Å². The highest BCUT2D eigenvalue weighted by atomic mass is 32.1. The van der Waals surface area contributed by atoms with Crippen LogP contribution in [0.15, 0.2) is 121 Å². The first-order valence-corrected chi connectivity index (χ1v) is 25.2. The molecule has 0 bridgehead atoms. The third-order valence-corrected chi connectivity index (χ3v) is 18.0. The zero-order chi connectivity index (χ0) is 46.2. The van der Waals surface area contributed by atoms with Crippen LogP contribution in [0.1, 0.15) is 139 Å². The summed E-state index contributed by atoms with van der Waals surface area (Å²) >= 11 is 1.91. The Labute approximate surface area is 397 Å². The Bertz CT molecular complexity index is 3410. The molecule has 0 unspecified atom stereocenters. The van der Waals surface area contributed by atoms with Gasteiger partial charge in [0.25, 0.3) is 6.71 Å². The summed E-state index contributed by atoms with van der Waals surface area (Å²) in [6.07, 6.45) is 2.38. The Morgan fingerprint density at radius 3 is 1.71 bits per heavy atom. The second-order valence-electron chi connectivity index (χ2n) is 23.8. The van der Waals surface area contributed by atoms with E-state index in [4.69, 9.17) is 0 Å². The van der Waals surface area contributed by atoms with Gasteiger partial charge in [-0.15, -0.1) is 11.3 Å². The van der Waals surface area contributed by atoms with Crippen molar-refractivity contribution in [1.82, 2.24) is 0 Å². The number of anilines is 6. The summed E-state index contributed by atoms with van der Waals surface area (Å²) in [4.78, 5) is 5.38. The molecule has 4 aliphatic rings. The number of hydrogen-bond donors (Lipinski definition) is 0. The van der Waals surface area contributed by atoms with Gasteiger partial charge in [0.05, 0.1) is 5.69 Å². The lowest BCUT2D eigenvalue weighted by molar-refractivity contribution is 0.332. The Kier molecular flexibility index (Phi) is 8.58. The molecular formula is C62H63BN2S. The molecule has 0 amide bonds. The third kappa shape index (κ3) is 5.66. The van der Waals surface area contributed by atoms with Gasteiger partial charge in [0, 0.05) is 59.4 Å². The molecule has 0 spiro atoms. The normalized spacial score (nSPS) is 18.0. The van der Waals surface area contributed by atoms with Gasteiger partial charge in [-0.1, -0.05) is 149 Å². The largest absolute Gasteiger partial charge is 0.311 e. The molecule has 0 radical (unpaired) electrons. The van der Waals surface area contributed by atoms with Crippen molar-refractivity contribution in [2.45, 2.75) is 130 Å². The van der Waals surface area contributed by atoms with Crippen LogP contribution in [0.25, 0.3) is 20.2 Å². The van der Waals surface area contributed by atoms with Crippen molar-refractivity contribution in [2.24, 2.45) is 0 Å². The highest BCUT2D eigenvalue weighted by molar-refractivity contribution is 7.26. The van der Waals surface area contributed by atoms with Gasteiger partial charge in [0.15, 0.2) is 0 Å². The molecule has 2 aliphatic carbocycles. The molecule has 0 fully saturated rings. The summed E-state index contributed by atoms with van der Waals surface area (Å²) in [5.41, 5.74) is 24.4. The maximum Gasteiger partial charge on any atom is 0.252 e. The number of benzene rings is 7. The lowest BCUT2D eigenvalue weighted by atomic mass is 9.33. The van der Waals surface area contributed by atoms with E-state index in [0.717, 1.165) is 0 Å². The van der Waals surface area contributed by atoms with E-state index in [0.29, 0.717) is 0 Å². The van der Waals surface area contributed by atoms with E-state index >= 15 is 0 Å². The minimum absolute atomic E-state index is 0.0171. The second-order valence-corrected chi connectivity index (χ2v) is 24.9. The van der Waals surface area contributed by atoms with Crippen molar-refractivity contribution in [3.8, 4) is 0 Å². The second kappa shape index (κ2) is 13.5. The van der Waals surface area contributed by atoms with Gasteiger partial charge in [-0.3, -0.25) is 0 Å². The highest BCUT2D eigenvalue weighted by Gasteiger charge is 2.49. The van der Waals surface area contributed by atoms with Crippen LogP contribution in [0.3, 0.4) is 0 Å². The molecule has 330 valence electrons. The average Bonchev–Trinajstić information content (AvgIpc) is 3.66. The summed E-state index contributed by atoms with van der Waals surface area (Å²) in [5.74, 6) is 0. The van der Waals surface area contributed by atoms with Crippen LogP contribution in [0.5, 0.6) is 0 Å². The molecule has 0 N–H and O–H groups in total. The molecule has 0 saturated carbocycles. The maximum atomic E-state index is 2.70. The summed E-state index contributed by atoms with van der Waals surface area (Å²) in [5, 5.41) is 2.66. The fourth-order valence-corrected chi connectivity index (χ4v) is 14.1. The molecule has 3 heterocycles. The fourth-order valence-electron chi connectivity index (χ4n) is 13.0. The van der Waals surface area contributed by atoms with E-state index in [1.54, 1.807) is 0 Å². The van der Waals surface area contributed by atoms with Crippen molar-refractivity contribution in [1.29, 1.82) is 0 Å². The van der Waals surface area contributed by atoms with E-state index < -0.39 is 0 Å². The van der Waals surface area contributed by atoms with Gasteiger partial charge in [-0.05, 0) is 158 Å². The molecule has 2 aliphatic heterocycles. The van der Waals surface area contributed by atoms with Crippen molar-refractivity contribution in [3.63, 3.8) is 0 Å². The quantitative estimate of drug-likeness (QED) is 0.160. The zero-order valence-electron chi connectivity index (χ0n) is 41.3. The fraction of sp³-hybridized carbons (Fsp3) is 0.323. The molecule has 1 aromatic heterocycles. The summed E-state index contributed by atoms with van der Waals surface area (Å²) < 4.78 is 2.65. The van der Waals surface area contributed by atoms with Crippen LogP contribution >= 0.6 is 11.3 Å². The molecule has 8 aromatic rings. The standard InChI is InChI=1S/C62H63BN2S/c1-36-29-52-57-53(30-36)65(49-22-18-24-55-56(49)39-19-14-17-23-54(39)66-55)51-35-45-44(61(10,11)40-20-15-16-21-41(40)62(45,12)13)33-47(51)63(57)46-32-38(58(3,4)5)25-26-48(46)64(52)50-34-43-42(31-37(50)2)59(6,7)27-28-60(43,8)9/h14-26,29-35H,27-28H2,1-13H3. The first-order valence-electron chi connectivity index (χ1n) is 24.4. The molecular weight excluding hydrogens is 816 g/mol. The third-order valence-electron chi connectivity index (χ3n) is 16.9. The Hall–Kier alpha value is -5.58. The number of thiophene rings is 1. The van der Waals surface area contributed by atoms with Crippen LogP contribution in [0.4, 0.5) is 34.1 Å². The van der Waals surface area contributed by atoms with Gasteiger partial charge in [-0.2, -0.15) is 0 Å². The Morgan fingerprint density at radius 2 is 1.05 bits per heavy atom. The lowest BCUT2D eigenvalue weighted by Crippen LogP contribution is -2.62. The summed E-state index contributed by atoms with van der Waals surface area (Å²) in [7, 11) is 0. The first kappa shape index (κ1) is 41.8. The monoisotopic (exact) mass is 878 g/mol. The molecule has 4 heteroatoms. The SMILES string of the molecule is Cc1cc2c3c(c1)N(c1cccc4sc5ccccc5c14)c1cc4c(cc1B3c1cc(C(C)(C)C)ccc1N2c1cc2c(cc1C)C(C)(C)CCC2(C)C)C(C)(C)c1ccccc1C4(C)C. The minimum Gasteiger partial charge on any atom is -0.311 e. The molecule has 12 rings (SSSR count). The van der Waals surface area contributed by atoms with Crippen LogP contribution < -0.4 is 26.2 Å². The number of rotatable bonds is 2. The molecule has 0 atom stereocenters. The molecule has 66 heavy (non-hydrogen) atoms.